The second-order valence-corrected chi connectivity index (χ2v) is 6.51. The summed E-state index contributed by atoms with van der Waals surface area (Å²) in [5, 5.41) is 12.4. The van der Waals surface area contributed by atoms with Crippen LogP contribution >= 0.6 is 22.9 Å². The van der Waals surface area contributed by atoms with Crippen molar-refractivity contribution in [3.8, 4) is 0 Å². The van der Waals surface area contributed by atoms with Gasteiger partial charge in [-0.15, -0.1) is 10.2 Å². The van der Waals surface area contributed by atoms with Gasteiger partial charge in [-0.25, -0.2) is 4.98 Å². The molecule has 0 aliphatic rings. The zero-order chi connectivity index (χ0) is 16.4. The largest absolute Gasteiger partial charge is 0.299 e. The number of pyridine rings is 1. The fraction of sp³-hybridized carbons (Fsp3) is 0.200. The number of anilines is 1. The monoisotopic (exact) mass is 347 g/mol. The van der Waals surface area contributed by atoms with E-state index in [1.54, 1.807) is 6.08 Å². The standard InChI is InChI=1S/C15H14ClN5OS/c1-9(2)14-19-20-15(23-14)18-12(22)7-6-10-13(16)17-11-5-3-4-8-21(10)11/h3-9H,1-2H3,(H,18,20,22)/b7-6+. The number of rotatable bonds is 4. The molecule has 23 heavy (non-hydrogen) atoms. The molecule has 1 N–H and O–H groups in total. The Labute approximate surface area is 141 Å². The highest BCUT2D eigenvalue weighted by atomic mass is 35.5. The summed E-state index contributed by atoms with van der Waals surface area (Å²) < 4.78 is 1.81. The van der Waals surface area contributed by atoms with Crippen LogP contribution in [0.4, 0.5) is 5.13 Å². The van der Waals surface area contributed by atoms with Crippen LogP contribution in [0.25, 0.3) is 11.7 Å². The van der Waals surface area contributed by atoms with Crippen molar-refractivity contribution in [2.24, 2.45) is 0 Å². The Kier molecular flexibility index (Phi) is 4.40. The van der Waals surface area contributed by atoms with E-state index in [1.807, 2.05) is 42.6 Å². The molecule has 3 heterocycles. The molecule has 1 amide bonds. The van der Waals surface area contributed by atoms with Crippen LogP contribution in [0.2, 0.25) is 5.15 Å². The third-order valence-electron chi connectivity index (χ3n) is 3.08. The van der Waals surface area contributed by atoms with Crippen LogP contribution < -0.4 is 5.32 Å². The summed E-state index contributed by atoms with van der Waals surface area (Å²) in [4.78, 5) is 16.2. The minimum Gasteiger partial charge on any atom is -0.299 e. The zero-order valence-corrected chi connectivity index (χ0v) is 14.1. The highest BCUT2D eigenvalue weighted by molar-refractivity contribution is 7.15. The number of aromatic nitrogens is 4. The third kappa shape index (κ3) is 3.40. The summed E-state index contributed by atoms with van der Waals surface area (Å²) >= 11 is 7.48. The predicted octanol–water partition coefficient (Wildman–Crippen LogP) is 3.61. The van der Waals surface area contributed by atoms with E-state index in [0.29, 0.717) is 16.0 Å². The molecule has 0 unspecified atom stereocenters. The number of nitrogens with zero attached hydrogens (tertiary/aromatic N) is 4. The molecule has 3 aromatic rings. The lowest BCUT2D eigenvalue weighted by atomic mass is 10.2. The first-order valence-electron chi connectivity index (χ1n) is 6.99. The highest BCUT2D eigenvalue weighted by Gasteiger charge is 2.10. The zero-order valence-electron chi connectivity index (χ0n) is 12.5. The maximum absolute atomic E-state index is 12.0. The molecule has 0 fully saturated rings. The number of halogens is 1. The normalized spacial score (nSPS) is 11.7. The molecule has 0 aliphatic carbocycles. The van der Waals surface area contributed by atoms with Gasteiger partial charge in [0.15, 0.2) is 5.15 Å². The number of carbonyl (C=O) groups is 1. The van der Waals surface area contributed by atoms with Crippen molar-refractivity contribution < 1.29 is 4.79 Å². The van der Waals surface area contributed by atoms with E-state index in [0.717, 1.165) is 10.7 Å². The summed E-state index contributed by atoms with van der Waals surface area (Å²) in [5.41, 5.74) is 1.38. The number of amides is 1. The van der Waals surface area contributed by atoms with Gasteiger partial charge in [0.1, 0.15) is 10.7 Å². The number of carbonyl (C=O) groups excluding carboxylic acids is 1. The number of hydrogen-bond acceptors (Lipinski definition) is 5. The van der Waals surface area contributed by atoms with E-state index in [1.165, 1.54) is 17.4 Å². The van der Waals surface area contributed by atoms with Crippen LogP contribution in [0.3, 0.4) is 0 Å². The molecule has 3 rings (SSSR count). The molecule has 3 aromatic heterocycles. The molecule has 0 saturated carbocycles. The average molecular weight is 348 g/mol. The molecular formula is C15H14ClN5OS. The Morgan fingerprint density at radius 3 is 2.96 bits per heavy atom. The van der Waals surface area contributed by atoms with Crippen molar-refractivity contribution in [1.82, 2.24) is 19.6 Å². The lowest BCUT2D eigenvalue weighted by molar-refractivity contribution is -0.111. The number of hydrogen-bond donors (Lipinski definition) is 1. The molecule has 0 bridgehead atoms. The van der Waals surface area contributed by atoms with E-state index < -0.39 is 0 Å². The Morgan fingerprint density at radius 2 is 2.22 bits per heavy atom. The molecule has 0 spiro atoms. The minimum absolute atomic E-state index is 0.283. The van der Waals surface area contributed by atoms with Crippen molar-refractivity contribution in [3.63, 3.8) is 0 Å². The van der Waals surface area contributed by atoms with Gasteiger partial charge in [-0.3, -0.25) is 14.5 Å². The summed E-state index contributed by atoms with van der Waals surface area (Å²) in [6, 6.07) is 5.59. The third-order valence-corrected chi connectivity index (χ3v) is 4.50. The summed E-state index contributed by atoms with van der Waals surface area (Å²) in [5.74, 6) is -0.0101. The van der Waals surface area contributed by atoms with Crippen LogP contribution in [0, 0.1) is 0 Å². The Morgan fingerprint density at radius 1 is 1.39 bits per heavy atom. The van der Waals surface area contributed by atoms with Gasteiger partial charge in [0, 0.05) is 18.2 Å². The molecule has 0 radical (unpaired) electrons. The fourth-order valence-corrected chi connectivity index (χ4v) is 2.94. The quantitative estimate of drug-likeness (QED) is 0.732. The smallest absolute Gasteiger partial charge is 0.250 e. The Bertz CT molecular complexity index is 883. The van der Waals surface area contributed by atoms with E-state index in [4.69, 9.17) is 11.6 Å². The Balaban J connectivity index is 1.76. The van der Waals surface area contributed by atoms with Gasteiger partial charge in [-0.05, 0) is 18.2 Å². The second kappa shape index (κ2) is 6.47. The molecule has 0 aliphatic heterocycles. The van der Waals surface area contributed by atoms with E-state index in [-0.39, 0.29) is 11.8 Å². The SMILES string of the molecule is CC(C)c1nnc(NC(=O)/C=C/c2c(Cl)nc3ccccn23)s1. The summed E-state index contributed by atoms with van der Waals surface area (Å²) in [6.07, 6.45) is 4.87. The van der Waals surface area contributed by atoms with E-state index in [2.05, 4.69) is 20.5 Å². The minimum atomic E-state index is -0.293. The first-order chi connectivity index (χ1) is 11.0. The van der Waals surface area contributed by atoms with Crippen molar-refractivity contribution in [2.75, 3.05) is 5.32 Å². The van der Waals surface area contributed by atoms with Crippen LogP contribution in [0.5, 0.6) is 0 Å². The molecule has 8 heteroatoms. The van der Waals surface area contributed by atoms with Crippen LogP contribution in [0.1, 0.15) is 30.5 Å². The molecule has 0 atom stereocenters. The number of imidazole rings is 1. The maximum atomic E-state index is 12.0. The van der Waals surface area contributed by atoms with Crippen molar-refractivity contribution >= 4 is 45.7 Å². The van der Waals surface area contributed by atoms with Gasteiger partial charge < -0.3 is 0 Å². The lowest BCUT2D eigenvalue weighted by Gasteiger charge is -1.97. The first-order valence-corrected chi connectivity index (χ1v) is 8.19. The van der Waals surface area contributed by atoms with Crippen LogP contribution in [-0.2, 0) is 4.79 Å². The topological polar surface area (TPSA) is 72.2 Å². The summed E-state index contributed by atoms with van der Waals surface area (Å²) in [6.45, 7) is 4.05. The fourth-order valence-electron chi connectivity index (χ4n) is 1.96. The highest BCUT2D eigenvalue weighted by Crippen LogP contribution is 2.22. The average Bonchev–Trinajstić information content (AvgIpc) is 3.09. The van der Waals surface area contributed by atoms with Gasteiger partial charge >= 0.3 is 0 Å². The summed E-state index contributed by atoms with van der Waals surface area (Å²) in [7, 11) is 0. The second-order valence-electron chi connectivity index (χ2n) is 5.14. The van der Waals surface area contributed by atoms with Gasteiger partial charge in [-0.2, -0.15) is 0 Å². The van der Waals surface area contributed by atoms with Crippen molar-refractivity contribution in [2.45, 2.75) is 19.8 Å². The van der Waals surface area contributed by atoms with Crippen LogP contribution in [-0.4, -0.2) is 25.5 Å². The van der Waals surface area contributed by atoms with Crippen LogP contribution in [0.15, 0.2) is 30.5 Å². The molecule has 6 nitrogen and oxygen atoms in total. The molecular weight excluding hydrogens is 334 g/mol. The molecule has 0 aromatic carbocycles. The van der Waals surface area contributed by atoms with Gasteiger partial charge in [0.05, 0.1) is 5.69 Å². The van der Waals surface area contributed by atoms with E-state index >= 15 is 0 Å². The van der Waals surface area contributed by atoms with Gasteiger partial charge in [0.2, 0.25) is 11.0 Å². The van der Waals surface area contributed by atoms with E-state index in [9.17, 15) is 4.79 Å². The number of fused-ring (bicyclic) bond motifs is 1. The lowest BCUT2D eigenvalue weighted by Crippen LogP contribution is -2.07. The first kappa shape index (κ1) is 15.6. The molecule has 0 saturated heterocycles. The predicted molar refractivity (Wildman–Crippen MR) is 91.9 cm³/mol. The molecule has 118 valence electrons. The maximum Gasteiger partial charge on any atom is 0.250 e. The Hall–Kier alpha value is -2.25. The van der Waals surface area contributed by atoms with Crippen molar-refractivity contribution in [3.05, 3.63) is 46.3 Å². The van der Waals surface area contributed by atoms with Gasteiger partial charge in [0.25, 0.3) is 0 Å². The number of nitrogens with one attached hydrogen (secondary N) is 1. The van der Waals surface area contributed by atoms with Gasteiger partial charge in [-0.1, -0.05) is 42.9 Å². The van der Waals surface area contributed by atoms with Crippen molar-refractivity contribution in [1.29, 1.82) is 0 Å².